The minimum atomic E-state index is -0.210. The summed E-state index contributed by atoms with van der Waals surface area (Å²) in [6, 6.07) is 0. The Morgan fingerprint density at radius 3 is 2.34 bits per heavy atom. The first kappa shape index (κ1) is 20.7. The van der Waals surface area contributed by atoms with Crippen LogP contribution in [0.2, 0.25) is 0 Å². The molecule has 0 bridgehead atoms. The lowest BCUT2D eigenvalue weighted by Crippen LogP contribution is -2.49. The van der Waals surface area contributed by atoms with Gasteiger partial charge in [0.2, 0.25) is 0 Å². The zero-order chi connectivity index (χ0) is 21.0. The molecular weight excluding hydrogens is 364 g/mol. The van der Waals surface area contributed by atoms with Crippen LogP contribution in [0.5, 0.6) is 0 Å². The van der Waals surface area contributed by atoms with E-state index in [-0.39, 0.29) is 28.9 Å². The Labute approximate surface area is 175 Å². The second-order valence-electron chi connectivity index (χ2n) is 10.4. The number of ether oxygens (including phenoxy) is 2. The summed E-state index contributed by atoms with van der Waals surface area (Å²) in [5, 5.41) is 0. The third kappa shape index (κ3) is 3.37. The van der Waals surface area contributed by atoms with Crippen LogP contribution in [0.4, 0.5) is 0 Å². The summed E-state index contributed by atoms with van der Waals surface area (Å²) in [5.41, 5.74) is 3.33. The van der Waals surface area contributed by atoms with E-state index in [9.17, 15) is 9.59 Å². The molecule has 0 saturated heterocycles. The monoisotopic (exact) mass is 400 g/mol. The van der Waals surface area contributed by atoms with E-state index in [0.717, 1.165) is 37.9 Å². The highest BCUT2D eigenvalue weighted by Gasteiger charge is 2.57. The number of carbonyl (C=O) groups excluding carboxylic acids is 2. The van der Waals surface area contributed by atoms with Crippen molar-refractivity contribution in [1.82, 2.24) is 0 Å². The quantitative estimate of drug-likeness (QED) is 0.338. The van der Waals surface area contributed by atoms with Crippen molar-refractivity contribution in [3.63, 3.8) is 0 Å². The van der Waals surface area contributed by atoms with Crippen LogP contribution in [0.1, 0.15) is 86.0 Å². The number of rotatable bonds is 2. The van der Waals surface area contributed by atoms with E-state index in [1.54, 1.807) is 0 Å². The standard InChI is InChI=1S/C25H36O4/c1-15(28-16(2)26)21-8-9-22-20-7-6-18-14-19(29-17(3)27)10-12-24(18,4)23(20)11-13-25(21,22)5/h6,19-20,22-23H,7-14H2,1-5H3/b21-15+/t19-,20?,22?,23?,24?,25?/m0/s1. The van der Waals surface area contributed by atoms with Gasteiger partial charge < -0.3 is 9.47 Å². The van der Waals surface area contributed by atoms with Gasteiger partial charge in [0.05, 0.1) is 0 Å². The van der Waals surface area contributed by atoms with E-state index in [1.165, 1.54) is 44.3 Å². The number of esters is 2. The van der Waals surface area contributed by atoms with Gasteiger partial charge in [-0.1, -0.05) is 25.5 Å². The Morgan fingerprint density at radius 2 is 1.66 bits per heavy atom. The third-order valence-corrected chi connectivity index (χ3v) is 8.90. The van der Waals surface area contributed by atoms with Crippen LogP contribution >= 0.6 is 0 Å². The van der Waals surface area contributed by atoms with Crippen molar-refractivity contribution in [2.75, 3.05) is 0 Å². The summed E-state index contributed by atoms with van der Waals surface area (Å²) in [4.78, 5) is 22.9. The molecule has 0 aromatic rings. The Hall–Kier alpha value is -1.58. The molecule has 0 N–H and O–H groups in total. The van der Waals surface area contributed by atoms with Crippen LogP contribution in [0.25, 0.3) is 0 Å². The average Bonchev–Trinajstić information content (AvgIpc) is 2.98. The van der Waals surface area contributed by atoms with Crippen LogP contribution in [0.15, 0.2) is 23.0 Å². The van der Waals surface area contributed by atoms with Gasteiger partial charge in [-0.15, -0.1) is 0 Å². The molecule has 4 rings (SSSR count). The number of carbonyl (C=O) groups is 2. The van der Waals surface area contributed by atoms with Crippen LogP contribution in [-0.4, -0.2) is 18.0 Å². The molecule has 3 saturated carbocycles. The van der Waals surface area contributed by atoms with Gasteiger partial charge in [-0.25, -0.2) is 0 Å². The van der Waals surface area contributed by atoms with E-state index in [0.29, 0.717) is 17.8 Å². The van der Waals surface area contributed by atoms with Crippen molar-refractivity contribution in [2.45, 2.75) is 92.1 Å². The van der Waals surface area contributed by atoms with E-state index >= 15 is 0 Å². The predicted molar refractivity (Wildman–Crippen MR) is 112 cm³/mol. The maximum Gasteiger partial charge on any atom is 0.307 e. The fourth-order valence-electron chi connectivity index (χ4n) is 7.63. The van der Waals surface area contributed by atoms with Gasteiger partial charge in [-0.2, -0.15) is 0 Å². The van der Waals surface area contributed by atoms with Gasteiger partial charge in [0.25, 0.3) is 0 Å². The normalized spacial score (nSPS) is 42.7. The second kappa shape index (κ2) is 7.28. The minimum absolute atomic E-state index is 0.0598. The maximum absolute atomic E-state index is 11.5. The lowest BCUT2D eigenvalue weighted by Gasteiger charge is -2.57. The fraction of sp³-hybridized carbons (Fsp3) is 0.760. The van der Waals surface area contributed by atoms with Crippen molar-refractivity contribution in [1.29, 1.82) is 0 Å². The molecule has 0 aromatic carbocycles. The fourth-order valence-corrected chi connectivity index (χ4v) is 7.63. The lowest BCUT2D eigenvalue weighted by atomic mass is 9.48. The molecule has 0 aliphatic heterocycles. The molecule has 0 aromatic heterocycles. The summed E-state index contributed by atoms with van der Waals surface area (Å²) in [6.45, 7) is 9.88. The number of hydrogen-bond donors (Lipinski definition) is 0. The molecule has 5 unspecified atom stereocenters. The van der Waals surface area contributed by atoms with Crippen molar-refractivity contribution >= 4 is 11.9 Å². The highest BCUT2D eigenvalue weighted by atomic mass is 16.5. The summed E-state index contributed by atoms with van der Waals surface area (Å²) in [6.07, 6.45) is 11.4. The van der Waals surface area contributed by atoms with E-state index in [1.807, 2.05) is 6.92 Å². The molecule has 4 heteroatoms. The first-order valence-electron chi connectivity index (χ1n) is 11.4. The zero-order valence-corrected chi connectivity index (χ0v) is 18.7. The molecule has 0 spiro atoms. The van der Waals surface area contributed by atoms with Crippen LogP contribution in [0, 0.1) is 28.6 Å². The third-order valence-electron chi connectivity index (χ3n) is 8.90. The predicted octanol–water partition coefficient (Wildman–Crippen LogP) is 5.72. The highest BCUT2D eigenvalue weighted by molar-refractivity contribution is 5.67. The molecule has 0 heterocycles. The largest absolute Gasteiger partial charge is 0.462 e. The van der Waals surface area contributed by atoms with Crippen molar-refractivity contribution in [3.05, 3.63) is 23.0 Å². The van der Waals surface area contributed by atoms with Gasteiger partial charge >= 0.3 is 11.9 Å². The van der Waals surface area contributed by atoms with Gasteiger partial charge in [0.1, 0.15) is 11.9 Å². The smallest absolute Gasteiger partial charge is 0.307 e. The van der Waals surface area contributed by atoms with Crippen LogP contribution < -0.4 is 0 Å². The Bertz CT molecular complexity index is 778. The van der Waals surface area contributed by atoms with Gasteiger partial charge in [-0.3, -0.25) is 9.59 Å². The van der Waals surface area contributed by atoms with E-state index in [4.69, 9.17) is 9.47 Å². The summed E-state index contributed by atoms with van der Waals surface area (Å²) < 4.78 is 11.1. The number of allylic oxidation sites excluding steroid dienone is 3. The molecule has 29 heavy (non-hydrogen) atoms. The number of hydrogen-bond acceptors (Lipinski definition) is 4. The lowest BCUT2D eigenvalue weighted by molar-refractivity contribution is -0.148. The average molecular weight is 401 g/mol. The van der Waals surface area contributed by atoms with Gasteiger partial charge in [0.15, 0.2) is 0 Å². The van der Waals surface area contributed by atoms with Crippen molar-refractivity contribution in [3.8, 4) is 0 Å². The maximum atomic E-state index is 11.5. The molecule has 4 aliphatic rings. The van der Waals surface area contributed by atoms with Crippen molar-refractivity contribution < 1.29 is 19.1 Å². The van der Waals surface area contributed by atoms with Crippen molar-refractivity contribution in [2.24, 2.45) is 28.6 Å². The molecule has 0 radical (unpaired) electrons. The molecule has 6 atom stereocenters. The molecule has 4 aliphatic carbocycles. The van der Waals surface area contributed by atoms with Gasteiger partial charge in [0, 0.05) is 20.3 Å². The second-order valence-corrected chi connectivity index (χ2v) is 10.4. The number of fused-ring (bicyclic) bond motifs is 5. The zero-order valence-electron chi connectivity index (χ0n) is 18.7. The van der Waals surface area contributed by atoms with Gasteiger partial charge in [-0.05, 0) is 86.0 Å². The molecule has 160 valence electrons. The molecule has 3 fully saturated rings. The molecule has 0 amide bonds. The summed E-state index contributed by atoms with van der Waals surface area (Å²) in [5.74, 6) is 2.57. The topological polar surface area (TPSA) is 52.6 Å². The Kier molecular flexibility index (Phi) is 5.19. The molecule has 4 nitrogen and oxygen atoms in total. The first-order valence-corrected chi connectivity index (χ1v) is 11.4. The van der Waals surface area contributed by atoms with E-state index in [2.05, 4.69) is 19.9 Å². The first-order chi connectivity index (χ1) is 13.6. The molecular formula is C25H36O4. The minimum Gasteiger partial charge on any atom is -0.462 e. The Morgan fingerprint density at radius 1 is 0.966 bits per heavy atom. The van der Waals surface area contributed by atoms with Crippen LogP contribution in [-0.2, 0) is 19.1 Å². The SMILES string of the molecule is CC(=O)O/C(C)=C1\CCC2C3CC=C4C[C@@H](OC(C)=O)CCC4(C)C3CCC12C. The Balaban J connectivity index is 1.59. The summed E-state index contributed by atoms with van der Waals surface area (Å²) in [7, 11) is 0. The highest BCUT2D eigenvalue weighted by Crippen LogP contribution is 2.66. The van der Waals surface area contributed by atoms with E-state index < -0.39 is 0 Å². The van der Waals surface area contributed by atoms with Crippen LogP contribution in [0.3, 0.4) is 0 Å². The summed E-state index contributed by atoms with van der Waals surface area (Å²) >= 11 is 0.